The first-order chi connectivity index (χ1) is 10.1. The predicted molar refractivity (Wildman–Crippen MR) is 90.5 cm³/mol. The Morgan fingerprint density at radius 3 is 2.52 bits per heavy atom. The van der Waals surface area contributed by atoms with Crippen LogP contribution in [0.5, 0.6) is 0 Å². The highest BCUT2D eigenvalue weighted by molar-refractivity contribution is 5.94. The second-order valence-electron chi connectivity index (χ2n) is 6.18. The maximum absolute atomic E-state index is 9.11. The monoisotopic (exact) mass is 280 g/mol. The molecule has 0 bridgehead atoms. The first-order valence-electron chi connectivity index (χ1n) is 7.71. The zero-order chi connectivity index (χ0) is 15.3. The number of hydrogen-bond acceptors (Lipinski definition) is 2. The Morgan fingerprint density at radius 2 is 1.81 bits per heavy atom. The Hall–Kier alpha value is -2.01. The summed E-state index contributed by atoms with van der Waals surface area (Å²) in [5, 5.41) is 11.7. The summed E-state index contributed by atoms with van der Waals surface area (Å²) in [5.74, 6) is 0. The number of anilines is 1. The second-order valence-corrected chi connectivity index (χ2v) is 6.18. The van der Waals surface area contributed by atoms with Crippen LogP contribution in [0.25, 0.3) is 10.8 Å². The lowest BCUT2D eigenvalue weighted by Crippen LogP contribution is -2.25. The molecule has 0 aliphatic heterocycles. The van der Waals surface area contributed by atoms with Crippen molar-refractivity contribution < 1.29 is 0 Å². The minimum absolute atomic E-state index is 0.224. The largest absolute Gasteiger partial charge is 0.371 e. The van der Waals surface area contributed by atoms with Crippen LogP contribution in [0.3, 0.4) is 0 Å². The minimum atomic E-state index is -0.224. The van der Waals surface area contributed by atoms with Gasteiger partial charge in [0.15, 0.2) is 0 Å². The second kappa shape index (κ2) is 6.63. The molecule has 0 aliphatic carbocycles. The van der Waals surface area contributed by atoms with Gasteiger partial charge >= 0.3 is 0 Å². The fraction of sp³-hybridized carbons (Fsp3) is 0.421. The lowest BCUT2D eigenvalue weighted by atomic mass is 9.90. The van der Waals surface area contributed by atoms with Gasteiger partial charge in [-0.1, -0.05) is 36.4 Å². The molecule has 0 radical (unpaired) electrons. The van der Waals surface area contributed by atoms with E-state index in [1.54, 1.807) is 0 Å². The van der Waals surface area contributed by atoms with Crippen molar-refractivity contribution in [2.24, 2.45) is 5.41 Å². The Morgan fingerprint density at radius 1 is 1.10 bits per heavy atom. The molecule has 0 aromatic heterocycles. The van der Waals surface area contributed by atoms with Gasteiger partial charge in [-0.2, -0.15) is 5.26 Å². The molecular weight excluding hydrogens is 256 g/mol. The summed E-state index contributed by atoms with van der Waals surface area (Å²) in [7, 11) is 0. The fourth-order valence-corrected chi connectivity index (χ4v) is 2.70. The maximum Gasteiger partial charge on any atom is 0.0683 e. The van der Waals surface area contributed by atoms with Gasteiger partial charge < -0.3 is 4.90 Å². The van der Waals surface area contributed by atoms with Crippen molar-refractivity contribution in [3.63, 3.8) is 0 Å². The average molecular weight is 280 g/mol. The third-order valence-electron chi connectivity index (χ3n) is 4.02. The molecule has 0 saturated heterocycles. The zero-order valence-electron chi connectivity index (χ0n) is 13.3. The van der Waals surface area contributed by atoms with Crippen molar-refractivity contribution in [3.8, 4) is 6.07 Å². The third kappa shape index (κ3) is 3.76. The molecular formula is C19H24N2. The van der Waals surface area contributed by atoms with E-state index in [0.29, 0.717) is 0 Å². The van der Waals surface area contributed by atoms with E-state index >= 15 is 0 Å². The van der Waals surface area contributed by atoms with Gasteiger partial charge in [-0.25, -0.2) is 0 Å². The van der Waals surface area contributed by atoms with E-state index in [-0.39, 0.29) is 5.41 Å². The topological polar surface area (TPSA) is 27.0 Å². The lowest BCUT2D eigenvalue weighted by molar-refractivity contribution is 0.435. The van der Waals surface area contributed by atoms with Crippen LogP contribution in [0.4, 0.5) is 5.69 Å². The van der Waals surface area contributed by atoms with Gasteiger partial charge in [-0.15, -0.1) is 0 Å². The Labute approximate surface area is 128 Å². The van der Waals surface area contributed by atoms with E-state index in [0.717, 1.165) is 25.9 Å². The molecule has 0 N–H and O–H groups in total. The van der Waals surface area contributed by atoms with E-state index < -0.39 is 0 Å². The number of benzene rings is 2. The van der Waals surface area contributed by atoms with Gasteiger partial charge in [0, 0.05) is 24.2 Å². The molecule has 110 valence electrons. The molecule has 2 aromatic carbocycles. The predicted octanol–water partition coefficient (Wildman–Crippen LogP) is 5.00. The molecule has 0 heterocycles. The van der Waals surface area contributed by atoms with Crippen LogP contribution < -0.4 is 4.90 Å². The van der Waals surface area contributed by atoms with Crippen molar-refractivity contribution in [1.29, 1.82) is 5.26 Å². The van der Waals surface area contributed by atoms with Crippen LogP contribution in [-0.4, -0.2) is 13.1 Å². The van der Waals surface area contributed by atoms with Crippen LogP contribution in [0.1, 0.15) is 33.6 Å². The normalized spacial score (nSPS) is 11.3. The smallest absolute Gasteiger partial charge is 0.0683 e. The molecule has 0 unspecified atom stereocenters. The standard InChI is InChI=1S/C19H24N2/c1-4-21(14-8-13-19(2,3)15-20)18-12-7-10-16-9-5-6-11-17(16)18/h5-7,9-12H,4,8,13-14H2,1-3H3. The van der Waals surface area contributed by atoms with Gasteiger partial charge in [0.1, 0.15) is 0 Å². The van der Waals surface area contributed by atoms with Crippen molar-refractivity contribution in [2.45, 2.75) is 33.6 Å². The van der Waals surface area contributed by atoms with Crippen molar-refractivity contribution in [3.05, 3.63) is 42.5 Å². The van der Waals surface area contributed by atoms with Gasteiger partial charge in [-0.05, 0) is 45.1 Å². The molecule has 0 fully saturated rings. The zero-order valence-corrected chi connectivity index (χ0v) is 13.3. The molecule has 0 aliphatic rings. The highest BCUT2D eigenvalue weighted by atomic mass is 15.1. The summed E-state index contributed by atoms with van der Waals surface area (Å²) >= 11 is 0. The Kier molecular flexibility index (Phi) is 4.85. The number of nitriles is 1. The first kappa shape index (κ1) is 15.4. The van der Waals surface area contributed by atoms with Crippen molar-refractivity contribution in [1.82, 2.24) is 0 Å². The number of hydrogen-bond donors (Lipinski definition) is 0. The number of nitrogens with zero attached hydrogens (tertiary/aromatic N) is 2. The van der Waals surface area contributed by atoms with E-state index in [9.17, 15) is 0 Å². The van der Waals surface area contributed by atoms with Crippen LogP contribution in [0.2, 0.25) is 0 Å². The van der Waals surface area contributed by atoms with Crippen LogP contribution in [0, 0.1) is 16.7 Å². The van der Waals surface area contributed by atoms with Gasteiger partial charge in [0.05, 0.1) is 11.5 Å². The molecule has 0 spiro atoms. The summed E-state index contributed by atoms with van der Waals surface area (Å²) in [6.45, 7) is 8.20. The highest BCUT2D eigenvalue weighted by Crippen LogP contribution is 2.28. The summed E-state index contributed by atoms with van der Waals surface area (Å²) < 4.78 is 0. The molecule has 0 amide bonds. The van der Waals surface area contributed by atoms with E-state index in [4.69, 9.17) is 5.26 Å². The van der Waals surface area contributed by atoms with Gasteiger partial charge in [0.2, 0.25) is 0 Å². The molecule has 2 aromatic rings. The van der Waals surface area contributed by atoms with Gasteiger partial charge in [-0.3, -0.25) is 0 Å². The van der Waals surface area contributed by atoms with Crippen molar-refractivity contribution in [2.75, 3.05) is 18.0 Å². The summed E-state index contributed by atoms with van der Waals surface area (Å²) in [6, 6.07) is 17.4. The minimum Gasteiger partial charge on any atom is -0.371 e. The Balaban J connectivity index is 2.15. The third-order valence-corrected chi connectivity index (χ3v) is 4.02. The molecule has 0 saturated carbocycles. The van der Waals surface area contributed by atoms with Crippen LogP contribution >= 0.6 is 0 Å². The quantitative estimate of drug-likeness (QED) is 0.745. The first-order valence-corrected chi connectivity index (χ1v) is 7.71. The average Bonchev–Trinajstić information content (AvgIpc) is 2.51. The SMILES string of the molecule is CCN(CCCC(C)(C)C#N)c1cccc2ccccc12. The van der Waals surface area contributed by atoms with Crippen molar-refractivity contribution >= 4 is 16.5 Å². The molecule has 0 atom stereocenters. The van der Waals surface area contributed by atoms with E-state index in [1.807, 2.05) is 13.8 Å². The number of fused-ring (bicyclic) bond motifs is 1. The summed E-state index contributed by atoms with van der Waals surface area (Å²) in [6.07, 6.45) is 1.97. The molecule has 2 heteroatoms. The maximum atomic E-state index is 9.11. The number of rotatable bonds is 6. The highest BCUT2D eigenvalue weighted by Gasteiger charge is 2.17. The summed E-state index contributed by atoms with van der Waals surface area (Å²) in [5.41, 5.74) is 1.07. The lowest BCUT2D eigenvalue weighted by Gasteiger charge is -2.26. The Bertz CT molecular complexity index is 632. The fourth-order valence-electron chi connectivity index (χ4n) is 2.70. The molecule has 2 nitrogen and oxygen atoms in total. The molecule has 2 rings (SSSR count). The van der Waals surface area contributed by atoms with E-state index in [2.05, 4.69) is 60.4 Å². The molecule has 21 heavy (non-hydrogen) atoms. The van der Waals surface area contributed by atoms with Gasteiger partial charge in [0.25, 0.3) is 0 Å². The summed E-state index contributed by atoms with van der Waals surface area (Å²) in [4.78, 5) is 2.41. The van der Waals surface area contributed by atoms with E-state index in [1.165, 1.54) is 16.5 Å². The van der Waals surface area contributed by atoms with Crippen LogP contribution in [0.15, 0.2) is 42.5 Å². The van der Waals surface area contributed by atoms with Crippen LogP contribution in [-0.2, 0) is 0 Å².